The van der Waals surface area contributed by atoms with E-state index in [0.29, 0.717) is 33.5 Å². The van der Waals surface area contributed by atoms with Crippen LogP contribution in [0.25, 0.3) is 0 Å². The molecule has 0 aliphatic heterocycles. The monoisotopic (exact) mass is 395 g/mol. The van der Waals surface area contributed by atoms with E-state index in [-0.39, 0.29) is 17.3 Å². The van der Waals surface area contributed by atoms with E-state index in [1.54, 1.807) is 25.1 Å². The number of hydrogen-bond acceptors (Lipinski definition) is 3. The second-order valence-electron chi connectivity index (χ2n) is 8.39. The standard InChI is InChI=1S/C20H23Cl2NO3/c1-11(18(24)23-17-6-15(21)5-16(22)7-17)26-19(25)20-8-12-2-13(9-20)4-14(3-12)10-20/h5-7,11-14H,2-4,8-10H2,1H3,(H,23,24)/t11-,12?,13?,14?,20?/m1/s1. The van der Waals surface area contributed by atoms with Gasteiger partial charge in [-0.1, -0.05) is 23.2 Å². The summed E-state index contributed by atoms with van der Waals surface area (Å²) in [4.78, 5) is 25.4. The van der Waals surface area contributed by atoms with E-state index in [1.807, 2.05) is 0 Å². The Morgan fingerprint density at radius 2 is 1.54 bits per heavy atom. The van der Waals surface area contributed by atoms with Gasteiger partial charge in [-0.2, -0.15) is 0 Å². The average Bonchev–Trinajstić information content (AvgIpc) is 2.52. The second-order valence-corrected chi connectivity index (χ2v) is 9.27. The molecule has 4 nitrogen and oxygen atoms in total. The van der Waals surface area contributed by atoms with Gasteiger partial charge in [-0.15, -0.1) is 0 Å². The van der Waals surface area contributed by atoms with Gasteiger partial charge >= 0.3 is 5.97 Å². The number of carbonyl (C=O) groups excluding carboxylic acids is 2. The molecule has 5 rings (SSSR count). The maximum Gasteiger partial charge on any atom is 0.312 e. The van der Waals surface area contributed by atoms with Crippen LogP contribution in [0.2, 0.25) is 10.0 Å². The van der Waals surface area contributed by atoms with Crippen LogP contribution in [0.1, 0.15) is 45.4 Å². The van der Waals surface area contributed by atoms with Crippen molar-refractivity contribution < 1.29 is 14.3 Å². The van der Waals surface area contributed by atoms with E-state index < -0.39 is 6.10 Å². The zero-order valence-electron chi connectivity index (χ0n) is 14.8. The van der Waals surface area contributed by atoms with Crippen LogP contribution >= 0.6 is 23.2 Å². The predicted octanol–water partition coefficient (Wildman–Crippen LogP) is 5.08. The first kappa shape index (κ1) is 18.1. The highest BCUT2D eigenvalue weighted by Crippen LogP contribution is 2.60. The second kappa shape index (κ2) is 6.72. The number of carbonyl (C=O) groups is 2. The van der Waals surface area contributed by atoms with Crippen molar-refractivity contribution in [3.63, 3.8) is 0 Å². The molecule has 6 heteroatoms. The number of esters is 1. The van der Waals surface area contributed by atoms with E-state index in [0.717, 1.165) is 19.3 Å². The molecular formula is C20H23Cl2NO3. The summed E-state index contributed by atoms with van der Waals surface area (Å²) in [5.41, 5.74) is 0.132. The molecule has 26 heavy (non-hydrogen) atoms. The lowest BCUT2D eigenvalue weighted by Gasteiger charge is -2.55. The summed E-state index contributed by atoms with van der Waals surface area (Å²) in [5.74, 6) is 1.41. The maximum atomic E-state index is 12.9. The van der Waals surface area contributed by atoms with Gasteiger partial charge in [0.15, 0.2) is 6.10 Å². The Morgan fingerprint density at radius 3 is 2.04 bits per heavy atom. The third kappa shape index (κ3) is 3.46. The quantitative estimate of drug-likeness (QED) is 0.723. The van der Waals surface area contributed by atoms with Gasteiger partial charge in [0.1, 0.15) is 0 Å². The summed E-state index contributed by atoms with van der Waals surface area (Å²) in [5, 5.41) is 3.59. The Kier molecular flexibility index (Phi) is 4.68. The van der Waals surface area contributed by atoms with Gasteiger partial charge in [-0.25, -0.2) is 0 Å². The third-order valence-electron chi connectivity index (χ3n) is 6.25. The predicted molar refractivity (Wildman–Crippen MR) is 101 cm³/mol. The van der Waals surface area contributed by atoms with E-state index in [4.69, 9.17) is 27.9 Å². The largest absolute Gasteiger partial charge is 0.452 e. The summed E-state index contributed by atoms with van der Waals surface area (Å²) in [6, 6.07) is 4.81. The van der Waals surface area contributed by atoms with Gasteiger partial charge in [0.05, 0.1) is 5.41 Å². The van der Waals surface area contributed by atoms with Crippen molar-refractivity contribution >= 4 is 40.8 Å². The number of halogens is 2. The molecule has 1 atom stereocenters. The molecule has 0 radical (unpaired) electrons. The molecule has 140 valence electrons. The molecule has 0 aromatic heterocycles. The molecule has 1 aromatic carbocycles. The lowest BCUT2D eigenvalue weighted by atomic mass is 9.49. The molecule has 1 aromatic rings. The lowest BCUT2D eigenvalue weighted by molar-refractivity contribution is -0.177. The fourth-order valence-electron chi connectivity index (χ4n) is 5.57. The number of anilines is 1. The van der Waals surface area contributed by atoms with Crippen molar-refractivity contribution in [3.8, 4) is 0 Å². The first-order valence-corrected chi connectivity index (χ1v) is 10.1. The van der Waals surface area contributed by atoms with Crippen LogP contribution in [0, 0.1) is 23.2 Å². The molecule has 1 N–H and O–H groups in total. The van der Waals surface area contributed by atoms with Crippen molar-refractivity contribution in [3.05, 3.63) is 28.2 Å². The minimum absolute atomic E-state index is 0.191. The number of benzene rings is 1. The minimum atomic E-state index is -0.853. The normalized spacial score (nSPS) is 33.0. The number of ether oxygens (including phenoxy) is 1. The van der Waals surface area contributed by atoms with Crippen molar-refractivity contribution in [2.24, 2.45) is 23.2 Å². The summed E-state index contributed by atoms with van der Waals surface area (Å²) in [6.45, 7) is 1.61. The Bertz CT molecular complexity index is 693. The maximum absolute atomic E-state index is 12.9. The molecule has 0 unspecified atom stereocenters. The SMILES string of the molecule is C[C@@H](OC(=O)C12CC3CC(CC(C3)C1)C2)C(=O)Nc1cc(Cl)cc(Cl)c1. The van der Waals surface area contributed by atoms with Gasteiger partial charge in [-0.05, 0) is 81.4 Å². The van der Waals surface area contributed by atoms with Gasteiger partial charge in [0, 0.05) is 15.7 Å². The van der Waals surface area contributed by atoms with Crippen LogP contribution in [-0.4, -0.2) is 18.0 Å². The number of amides is 1. The summed E-state index contributed by atoms with van der Waals surface area (Å²) in [7, 11) is 0. The van der Waals surface area contributed by atoms with Gasteiger partial charge < -0.3 is 10.1 Å². The van der Waals surface area contributed by atoms with Crippen LogP contribution in [-0.2, 0) is 14.3 Å². The van der Waals surface area contributed by atoms with Crippen molar-refractivity contribution in [2.45, 2.75) is 51.6 Å². The third-order valence-corrected chi connectivity index (χ3v) is 6.69. The Balaban J connectivity index is 1.40. The Labute approximate surface area is 163 Å². The summed E-state index contributed by atoms with van der Waals surface area (Å²) >= 11 is 11.9. The molecule has 4 aliphatic carbocycles. The van der Waals surface area contributed by atoms with Crippen LogP contribution in [0.4, 0.5) is 5.69 Å². The number of nitrogens with one attached hydrogen (secondary N) is 1. The zero-order valence-corrected chi connectivity index (χ0v) is 16.3. The highest BCUT2D eigenvalue weighted by molar-refractivity contribution is 6.35. The van der Waals surface area contributed by atoms with Crippen LogP contribution in [0.15, 0.2) is 18.2 Å². The molecule has 4 fully saturated rings. The molecular weight excluding hydrogens is 373 g/mol. The van der Waals surface area contributed by atoms with Gasteiger partial charge in [0.25, 0.3) is 5.91 Å². The van der Waals surface area contributed by atoms with Gasteiger partial charge in [0.2, 0.25) is 0 Å². The molecule has 4 aliphatic rings. The minimum Gasteiger partial charge on any atom is -0.452 e. The first-order valence-electron chi connectivity index (χ1n) is 9.31. The first-order chi connectivity index (χ1) is 12.3. The van der Waals surface area contributed by atoms with E-state index in [9.17, 15) is 9.59 Å². The fraction of sp³-hybridized carbons (Fsp3) is 0.600. The summed E-state index contributed by atoms with van der Waals surface area (Å²) < 4.78 is 5.61. The van der Waals surface area contributed by atoms with Crippen molar-refractivity contribution in [2.75, 3.05) is 5.32 Å². The molecule has 4 saturated carbocycles. The Hall–Kier alpha value is -1.26. The highest BCUT2D eigenvalue weighted by atomic mass is 35.5. The van der Waals surface area contributed by atoms with Crippen LogP contribution < -0.4 is 5.32 Å². The molecule has 0 saturated heterocycles. The topological polar surface area (TPSA) is 55.4 Å². The van der Waals surface area contributed by atoms with Gasteiger partial charge in [-0.3, -0.25) is 9.59 Å². The smallest absolute Gasteiger partial charge is 0.312 e. The molecule has 4 bridgehead atoms. The van der Waals surface area contributed by atoms with Crippen LogP contribution in [0.5, 0.6) is 0 Å². The molecule has 1 amide bonds. The fourth-order valence-corrected chi connectivity index (χ4v) is 6.10. The number of hydrogen-bond donors (Lipinski definition) is 1. The lowest BCUT2D eigenvalue weighted by Crippen LogP contribution is -2.51. The molecule has 0 heterocycles. The van der Waals surface area contributed by atoms with E-state index in [1.165, 1.54) is 19.3 Å². The average molecular weight is 396 g/mol. The van der Waals surface area contributed by atoms with E-state index >= 15 is 0 Å². The molecule has 0 spiro atoms. The van der Waals surface area contributed by atoms with Crippen LogP contribution in [0.3, 0.4) is 0 Å². The zero-order chi connectivity index (χ0) is 18.5. The van der Waals surface area contributed by atoms with Crippen molar-refractivity contribution in [1.82, 2.24) is 0 Å². The van der Waals surface area contributed by atoms with E-state index in [2.05, 4.69) is 5.32 Å². The highest BCUT2D eigenvalue weighted by Gasteiger charge is 2.55. The van der Waals surface area contributed by atoms with Crippen molar-refractivity contribution in [1.29, 1.82) is 0 Å². The summed E-state index contributed by atoms with van der Waals surface area (Å²) in [6.07, 6.45) is 5.71. The number of rotatable bonds is 4. The Morgan fingerprint density at radius 1 is 1.04 bits per heavy atom.